The number of ketones is 1. The summed E-state index contributed by atoms with van der Waals surface area (Å²) in [4.78, 5) is 15.6. The molecule has 4 rings (SSSR count). The van der Waals surface area contributed by atoms with Crippen molar-refractivity contribution < 1.29 is 22.7 Å². The number of aromatic nitrogens is 1. The van der Waals surface area contributed by atoms with Gasteiger partial charge in [0.15, 0.2) is 5.78 Å². The molecular weight excluding hydrogens is 465 g/mol. The van der Waals surface area contributed by atoms with E-state index in [1.165, 1.54) is 6.07 Å². The van der Waals surface area contributed by atoms with Crippen LogP contribution < -0.4 is 0 Å². The smallest absolute Gasteiger partial charge is 0.381 e. The van der Waals surface area contributed by atoms with Crippen LogP contribution in [0.5, 0.6) is 0 Å². The Morgan fingerprint density at radius 2 is 1.89 bits per heavy atom. The lowest BCUT2D eigenvalue weighted by Gasteiger charge is -2.21. The molecule has 1 fully saturated rings. The average Bonchev–Trinajstić information content (AvgIpc) is 3.47. The number of hydrogen-bond acceptors (Lipinski definition) is 3. The van der Waals surface area contributed by atoms with E-state index >= 15 is 0 Å². The van der Waals surface area contributed by atoms with Gasteiger partial charge < -0.3 is 14.2 Å². The number of halogens is 3. The third kappa shape index (κ3) is 6.45. The van der Waals surface area contributed by atoms with E-state index in [2.05, 4.69) is 16.5 Å². The van der Waals surface area contributed by atoms with Crippen LogP contribution in [0.4, 0.5) is 13.2 Å². The summed E-state index contributed by atoms with van der Waals surface area (Å²) in [6.07, 6.45) is -2.48. The molecule has 192 valence electrons. The highest BCUT2D eigenvalue weighted by molar-refractivity contribution is 6.00. The average molecular weight is 499 g/mol. The first-order chi connectivity index (χ1) is 17.2. The van der Waals surface area contributed by atoms with Crippen LogP contribution in [0.1, 0.15) is 40.0 Å². The molecule has 2 aromatic carbocycles. The summed E-state index contributed by atoms with van der Waals surface area (Å²) in [5.41, 5.74) is 2.99. The first-order valence-corrected chi connectivity index (χ1v) is 12.4. The van der Waals surface area contributed by atoms with Gasteiger partial charge in [-0.3, -0.25) is 4.79 Å². The third-order valence-electron chi connectivity index (χ3n) is 6.87. The number of alkyl halides is 3. The molecule has 3 aromatic rings. The Kier molecular flexibility index (Phi) is 8.32. The van der Waals surface area contributed by atoms with Gasteiger partial charge in [-0.05, 0) is 62.5 Å². The normalized spacial score (nSPS) is 16.1. The van der Waals surface area contributed by atoms with Gasteiger partial charge >= 0.3 is 6.18 Å². The summed E-state index contributed by atoms with van der Waals surface area (Å²) in [6, 6.07) is 16.8. The second kappa shape index (κ2) is 11.4. The maximum atomic E-state index is 13.3. The van der Waals surface area contributed by atoms with Gasteiger partial charge in [0, 0.05) is 43.1 Å². The highest BCUT2D eigenvalue weighted by Crippen LogP contribution is 2.31. The number of carbonyl (C=O) groups is 1. The number of rotatable bonds is 10. The molecule has 0 N–H and O–H groups in total. The highest BCUT2D eigenvalue weighted by Gasteiger charge is 2.30. The van der Waals surface area contributed by atoms with Crippen molar-refractivity contribution in [1.82, 2.24) is 9.47 Å². The van der Waals surface area contributed by atoms with Crippen molar-refractivity contribution in [1.29, 1.82) is 0 Å². The summed E-state index contributed by atoms with van der Waals surface area (Å²) in [7, 11) is 2.13. The lowest BCUT2D eigenvalue weighted by Crippen LogP contribution is -2.27. The Morgan fingerprint density at radius 1 is 1.11 bits per heavy atom. The van der Waals surface area contributed by atoms with Crippen LogP contribution in [0.15, 0.2) is 60.7 Å². The summed E-state index contributed by atoms with van der Waals surface area (Å²) in [6.45, 7) is 6.28. The van der Waals surface area contributed by atoms with Crippen molar-refractivity contribution in [2.24, 2.45) is 5.92 Å². The van der Waals surface area contributed by atoms with Crippen LogP contribution >= 0.6 is 0 Å². The van der Waals surface area contributed by atoms with Crippen molar-refractivity contribution in [3.05, 3.63) is 83.0 Å². The van der Waals surface area contributed by atoms with Gasteiger partial charge in [0.1, 0.15) is 0 Å². The summed E-state index contributed by atoms with van der Waals surface area (Å²) in [5, 5.41) is 0. The quantitative estimate of drug-likeness (QED) is 0.309. The predicted molar refractivity (Wildman–Crippen MR) is 135 cm³/mol. The van der Waals surface area contributed by atoms with Crippen molar-refractivity contribution >= 4 is 5.78 Å². The number of ether oxygens (including phenoxy) is 1. The van der Waals surface area contributed by atoms with Crippen LogP contribution in [0.25, 0.3) is 11.3 Å². The molecule has 0 radical (unpaired) electrons. The first-order valence-electron chi connectivity index (χ1n) is 12.4. The standard InChI is InChI=1S/C29H33F3N2O2/c1-21-26(28(35)17-22-8-6-11-25(16-22)29(30,31)32)18-27(24-9-4-3-5-10-24)34(21)14-7-13-33(2)19-23-12-15-36-20-23/h3-6,8-11,16,18,23H,7,12-15,17,19-20H2,1-2H3. The lowest BCUT2D eigenvalue weighted by atomic mass is 10.0. The Labute approximate surface area is 210 Å². The fourth-order valence-electron chi connectivity index (χ4n) is 4.96. The molecule has 1 atom stereocenters. The molecule has 7 heteroatoms. The van der Waals surface area contributed by atoms with Crippen LogP contribution in [0.3, 0.4) is 0 Å². The topological polar surface area (TPSA) is 34.5 Å². The molecule has 0 aliphatic carbocycles. The van der Waals surface area contributed by atoms with Crippen LogP contribution in [0, 0.1) is 12.8 Å². The minimum Gasteiger partial charge on any atom is -0.381 e. The van der Waals surface area contributed by atoms with E-state index in [1.807, 2.05) is 43.3 Å². The van der Waals surface area contributed by atoms with Gasteiger partial charge in [0.25, 0.3) is 0 Å². The van der Waals surface area contributed by atoms with Gasteiger partial charge in [-0.1, -0.05) is 48.5 Å². The summed E-state index contributed by atoms with van der Waals surface area (Å²) < 4.78 is 47.0. The number of benzene rings is 2. The van der Waals surface area contributed by atoms with E-state index in [9.17, 15) is 18.0 Å². The zero-order chi connectivity index (χ0) is 25.7. The molecule has 4 nitrogen and oxygen atoms in total. The molecule has 0 bridgehead atoms. The molecule has 1 aliphatic rings. The van der Waals surface area contributed by atoms with Crippen LogP contribution in [0.2, 0.25) is 0 Å². The maximum Gasteiger partial charge on any atom is 0.416 e. The lowest BCUT2D eigenvalue weighted by molar-refractivity contribution is -0.137. The Balaban J connectivity index is 1.52. The van der Waals surface area contributed by atoms with Crippen molar-refractivity contribution in [2.45, 2.75) is 38.9 Å². The van der Waals surface area contributed by atoms with Gasteiger partial charge in [-0.25, -0.2) is 0 Å². The van der Waals surface area contributed by atoms with Gasteiger partial charge in [0.2, 0.25) is 0 Å². The molecule has 1 saturated heterocycles. The minimum absolute atomic E-state index is 0.0742. The highest BCUT2D eigenvalue weighted by atomic mass is 19.4. The second-order valence-electron chi connectivity index (χ2n) is 9.69. The molecule has 1 aromatic heterocycles. The number of hydrogen-bond donors (Lipinski definition) is 0. The molecule has 0 saturated carbocycles. The summed E-state index contributed by atoms with van der Waals surface area (Å²) >= 11 is 0. The van der Waals surface area contributed by atoms with Gasteiger partial charge in [0.05, 0.1) is 12.2 Å². The third-order valence-corrected chi connectivity index (χ3v) is 6.87. The molecular formula is C29H33F3N2O2. The van der Waals surface area contributed by atoms with E-state index in [0.717, 1.165) is 74.8 Å². The molecule has 0 spiro atoms. The van der Waals surface area contributed by atoms with Gasteiger partial charge in [-0.15, -0.1) is 0 Å². The van der Waals surface area contributed by atoms with Crippen molar-refractivity contribution in [3.63, 3.8) is 0 Å². The van der Waals surface area contributed by atoms with E-state index in [1.54, 1.807) is 6.07 Å². The van der Waals surface area contributed by atoms with E-state index in [-0.39, 0.29) is 12.2 Å². The van der Waals surface area contributed by atoms with Gasteiger partial charge in [-0.2, -0.15) is 13.2 Å². The van der Waals surface area contributed by atoms with Crippen molar-refractivity contribution in [3.8, 4) is 11.3 Å². The molecule has 1 unspecified atom stereocenters. The molecule has 0 amide bonds. The summed E-state index contributed by atoms with van der Waals surface area (Å²) in [5.74, 6) is 0.407. The zero-order valence-electron chi connectivity index (χ0n) is 20.9. The maximum absolute atomic E-state index is 13.3. The SMILES string of the molecule is Cc1c(C(=O)Cc2cccc(C(F)(F)F)c2)cc(-c2ccccc2)n1CCCN(C)CC1CCOC1. The predicted octanol–water partition coefficient (Wildman–Crippen LogP) is 6.27. The van der Waals surface area contributed by atoms with E-state index in [4.69, 9.17) is 4.74 Å². The van der Waals surface area contributed by atoms with E-state index in [0.29, 0.717) is 17.0 Å². The van der Waals surface area contributed by atoms with E-state index < -0.39 is 11.7 Å². The fraction of sp³-hybridized carbons (Fsp3) is 0.414. The Morgan fingerprint density at radius 3 is 2.58 bits per heavy atom. The van der Waals surface area contributed by atoms with Crippen LogP contribution in [-0.2, 0) is 23.9 Å². The fourth-order valence-corrected chi connectivity index (χ4v) is 4.96. The monoisotopic (exact) mass is 498 g/mol. The number of Topliss-reactive ketones (excluding diaryl/α,β-unsaturated/α-hetero) is 1. The molecule has 36 heavy (non-hydrogen) atoms. The first kappa shape index (κ1) is 26.2. The van der Waals surface area contributed by atoms with Crippen LogP contribution in [-0.4, -0.2) is 48.6 Å². The minimum atomic E-state index is -4.43. The second-order valence-corrected chi connectivity index (χ2v) is 9.69. The van der Waals surface area contributed by atoms with Crippen molar-refractivity contribution in [2.75, 3.05) is 33.4 Å². The Bertz CT molecular complexity index is 1170. The molecule has 1 aliphatic heterocycles. The number of carbonyl (C=O) groups excluding carboxylic acids is 1. The molecule has 2 heterocycles. The zero-order valence-corrected chi connectivity index (χ0v) is 20.9. The largest absolute Gasteiger partial charge is 0.416 e. The Hall–Kier alpha value is -2.90. The number of nitrogens with zero attached hydrogens (tertiary/aromatic N) is 2.